The Bertz CT molecular complexity index is 227. The van der Waals surface area contributed by atoms with Crippen LogP contribution in [0.2, 0.25) is 0 Å². The largest absolute Gasteiger partial charge is 0.370 e. The van der Waals surface area contributed by atoms with Crippen molar-refractivity contribution in [1.82, 2.24) is 10.6 Å². The van der Waals surface area contributed by atoms with Gasteiger partial charge in [-0.25, -0.2) is 0 Å². The first-order valence-corrected chi connectivity index (χ1v) is 5.44. The molecule has 1 fully saturated rings. The molecule has 0 aromatic carbocycles. The van der Waals surface area contributed by atoms with Crippen molar-refractivity contribution < 1.29 is 9.59 Å². The minimum atomic E-state index is -0.296. The SMILES string of the molecule is NC(=O)CCCNCC(=O)NCC1CC1. The summed E-state index contributed by atoms with van der Waals surface area (Å²) in [7, 11) is 0. The summed E-state index contributed by atoms with van der Waals surface area (Å²) in [5.41, 5.74) is 4.98. The highest BCUT2D eigenvalue weighted by molar-refractivity contribution is 5.78. The second-order valence-corrected chi connectivity index (χ2v) is 3.99. The van der Waals surface area contributed by atoms with Crippen molar-refractivity contribution in [2.24, 2.45) is 11.7 Å². The molecule has 1 aliphatic rings. The van der Waals surface area contributed by atoms with Gasteiger partial charge in [-0.05, 0) is 31.7 Å². The fraction of sp³-hybridized carbons (Fsp3) is 0.800. The van der Waals surface area contributed by atoms with E-state index in [1.54, 1.807) is 0 Å². The van der Waals surface area contributed by atoms with E-state index in [9.17, 15) is 9.59 Å². The lowest BCUT2D eigenvalue weighted by molar-refractivity contribution is -0.120. The Kier molecular flexibility index (Phi) is 5.10. The van der Waals surface area contributed by atoms with E-state index in [4.69, 9.17) is 5.73 Å². The van der Waals surface area contributed by atoms with Crippen LogP contribution in [0.4, 0.5) is 0 Å². The summed E-state index contributed by atoms with van der Waals surface area (Å²) < 4.78 is 0. The molecule has 0 saturated heterocycles. The summed E-state index contributed by atoms with van der Waals surface area (Å²) in [6.07, 6.45) is 3.54. The molecule has 0 unspecified atom stereocenters. The minimum absolute atomic E-state index is 0.0287. The van der Waals surface area contributed by atoms with Gasteiger partial charge in [-0.3, -0.25) is 9.59 Å². The van der Waals surface area contributed by atoms with Crippen LogP contribution in [0.3, 0.4) is 0 Å². The second kappa shape index (κ2) is 6.40. The highest BCUT2D eigenvalue weighted by Gasteiger charge is 2.21. The van der Waals surface area contributed by atoms with Gasteiger partial charge in [0.1, 0.15) is 0 Å². The zero-order chi connectivity index (χ0) is 11.1. The molecule has 0 aromatic heterocycles. The Morgan fingerprint density at radius 1 is 1.33 bits per heavy atom. The van der Waals surface area contributed by atoms with Crippen LogP contribution >= 0.6 is 0 Å². The molecular weight excluding hydrogens is 194 g/mol. The zero-order valence-corrected chi connectivity index (χ0v) is 8.92. The fourth-order valence-corrected chi connectivity index (χ4v) is 1.23. The highest BCUT2D eigenvalue weighted by atomic mass is 16.2. The number of carbonyl (C=O) groups excluding carboxylic acids is 2. The predicted molar refractivity (Wildman–Crippen MR) is 57.0 cm³/mol. The van der Waals surface area contributed by atoms with E-state index in [2.05, 4.69) is 10.6 Å². The average Bonchev–Trinajstić information content (AvgIpc) is 2.97. The van der Waals surface area contributed by atoms with E-state index in [1.807, 2.05) is 0 Å². The van der Waals surface area contributed by atoms with Gasteiger partial charge < -0.3 is 16.4 Å². The molecule has 1 saturated carbocycles. The Morgan fingerprint density at radius 2 is 2.07 bits per heavy atom. The van der Waals surface area contributed by atoms with Crippen molar-refractivity contribution in [3.63, 3.8) is 0 Å². The lowest BCUT2D eigenvalue weighted by Gasteiger charge is -2.05. The van der Waals surface area contributed by atoms with Crippen LogP contribution in [0.5, 0.6) is 0 Å². The minimum Gasteiger partial charge on any atom is -0.370 e. The lowest BCUT2D eigenvalue weighted by Crippen LogP contribution is -2.35. The number of hydrogen-bond donors (Lipinski definition) is 3. The molecule has 1 aliphatic carbocycles. The lowest BCUT2D eigenvalue weighted by atomic mass is 10.3. The standard InChI is InChI=1S/C10H19N3O2/c11-9(14)2-1-5-12-7-10(15)13-6-8-3-4-8/h8,12H,1-7H2,(H2,11,14)(H,13,15). The smallest absolute Gasteiger partial charge is 0.233 e. The number of nitrogens with two attached hydrogens (primary N) is 1. The topological polar surface area (TPSA) is 84.2 Å². The molecule has 0 heterocycles. The zero-order valence-electron chi connectivity index (χ0n) is 8.92. The van der Waals surface area contributed by atoms with Gasteiger partial charge in [-0.1, -0.05) is 0 Å². The molecule has 2 amide bonds. The van der Waals surface area contributed by atoms with Gasteiger partial charge >= 0.3 is 0 Å². The van der Waals surface area contributed by atoms with Crippen molar-refractivity contribution in [3.05, 3.63) is 0 Å². The van der Waals surface area contributed by atoms with Crippen LogP contribution < -0.4 is 16.4 Å². The van der Waals surface area contributed by atoms with Gasteiger partial charge in [-0.2, -0.15) is 0 Å². The maximum atomic E-state index is 11.2. The first-order valence-electron chi connectivity index (χ1n) is 5.44. The predicted octanol–water partition coefficient (Wildman–Crippen LogP) is -0.632. The van der Waals surface area contributed by atoms with E-state index in [1.165, 1.54) is 12.8 Å². The molecule has 0 atom stereocenters. The van der Waals surface area contributed by atoms with Gasteiger partial charge in [-0.15, -0.1) is 0 Å². The number of amides is 2. The van der Waals surface area contributed by atoms with Crippen molar-refractivity contribution in [2.45, 2.75) is 25.7 Å². The molecular formula is C10H19N3O2. The highest BCUT2D eigenvalue weighted by Crippen LogP contribution is 2.27. The van der Waals surface area contributed by atoms with Crippen LogP contribution in [0.25, 0.3) is 0 Å². The molecule has 15 heavy (non-hydrogen) atoms. The van der Waals surface area contributed by atoms with Crippen molar-refractivity contribution >= 4 is 11.8 Å². The summed E-state index contributed by atoms with van der Waals surface area (Å²) in [4.78, 5) is 21.6. The summed E-state index contributed by atoms with van der Waals surface area (Å²) in [5.74, 6) is 0.444. The summed E-state index contributed by atoms with van der Waals surface area (Å²) >= 11 is 0. The number of primary amides is 1. The number of nitrogens with one attached hydrogen (secondary N) is 2. The van der Waals surface area contributed by atoms with Gasteiger partial charge in [0.15, 0.2) is 0 Å². The van der Waals surface area contributed by atoms with Crippen LogP contribution in [-0.2, 0) is 9.59 Å². The maximum Gasteiger partial charge on any atom is 0.233 e. The van der Waals surface area contributed by atoms with Crippen LogP contribution in [-0.4, -0.2) is 31.4 Å². The molecule has 0 spiro atoms. The first-order chi connectivity index (χ1) is 7.18. The van der Waals surface area contributed by atoms with E-state index >= 15 is 0 Å². The molecule has 0 radical (unpaired) electrons. The van der Waals surface area contributed by atoms with Crippen molar-refractivity contribution in [2.75, 3.05) is 19.6 Å². The maximum absolute atomic E-state index is 11.2. The number of rotatable bonds is 8. The quantitative estimate of drug-likeness (QED) is 0.469. The third-order valence-corrected chi connectivity index (χ3v) is 2.35. The molecule has 4 N–H and O–H groups in total. The third-order valence-electron chi connectivity index (χ3n) is 2.35. The van der Waals surface area contributed by atoms with E-state index in [0.29, 0.717) is 31.8 Å². The Balaban J connectivity index is 1.85. The molecule has 86 valence electrons. The molecule has 5 nitrogen and oxygen atoms in total. The van der Waals surface area contributed by atoms with Crippen LogP contribution in [0.15, 0.2) is 0 Å². The fourth-order valence-electron chi connectivity index (χ4n) is 1.23. The Labute approximate surface area is 89.8 Å². The summed E-state index contributed by atoms with van der Waals surface area (Å²) in [6, 6.07) is 0. The van der Waals surface area contributed by atoms with Gasteiger partial charge in [0, 0.05) is 13.0 Å². The first kappa shape index (κ1) is 12.0. The van der Waals surface area contributed by atoms with E-state index in [-0.39, 0.29) is 11.8 Å². The van der Waals surface area contributed by atoms with E-state index in [0.717, 1.165) is 6.54 Å². The summed E-state index contributed by atoms with van der Waals surface area (Å²) in [6.45, 7) is 1.78. The molecule has 0 bridgehead atoms. The Hall–Kier alpha value is -1.10. The number of hydrogen-bond acceptors (Lipinski definition) is 3. The van der Waals surface area contributed by atoms with Crippen molar-refractivity contribution in [3.8, 4) is 0 Å². The third kappa shape index (κ3) is 6.90. The second-order valence-electron chi connectivity index (χ2n) is 3.99. The summed E-state index contributed by atoms with van der Waals surface area (Å²) in [5, 5.41) is 5.82. The van der Waals surface area contributed by atoms with Gasteiger partial charge in [0.05, 0.1) is 6.54 Å². The van der Waals surface area contributed by atoms with Gasteiger partial charge in [0.2, 0.25) is 11.8 Å². The molecule has 5 heteroatoms. The number of carbonyl (C=O) groups is 2. The molecule has 1 rings (SSSR count). The van der Waals surface area contributed by atoms with Crippen LogP contribution in [0.1, 0.15) is 25.7 Å². The monoisotopic (exact) mass is 213 g/mol. The van der Waals surface area contributed by atoms with Gasteiger partial charge in [0.25, 0.3) is 0 Å². The van der Waals surface area contributed by atoms with E-state index < -0.39 is 0 Å². The Morgan fingerprint density at radius 3 is 2.67 bits per heavy atom. The molecule has 0 aromatic rings. The van der Waals surface area contributed by atoms with Crippen molar-refractivity contribution in [1.29, 1.82) is 0 Å². The van der Waals surface area contributed by atoms with Crippen LogP contribution in [0, 0.1) is 5.92 Å². The average molecular weight is 213 g/mol. The normalized spacial score (nSPS) is 14.9. The molecule has 0 aliphatic heterocycles.